The van der Waals surface area contributed by atoms with Gasteiger partial charge < -0.3 is 15.8 Å². The van der Waals surface area contributed by atoms with Gasteiger partial charge in [-0.1, -0.05) is 62.7 Å². The number of guanidine groups is 1. The van der Waals surface area contributed by atoms with Crippen LogP contribution in [-0.4, -0.2) is 71.4 Å². The van der Waals surface area contributed by atoms with E-state index in [-0.39, 0.29) is 40.4 Å². The van der Waals surface area contributed by atoms with Crippen molar-refractivity contribution in [3.8, 4) is 22.6 Å². The lowest BCUT2D eigenvalue weighted by molar-refractivity contribution is -0.150. The largest absolute Gasteiger partial charge is 0.447 e. The average molecular weight is 763 g/mol. The van der Waals surface area contributed by atoms with Gasteiger partial charge in [0.1, 0.15) is 24.7 Å². The molecule has 3 atom stereocenters. The fourth-order valence-corrected chi connectivity index (χ4v) is 6.36. The predicted molar refractivity (Wildman–Crippen MR) is 182 cm³/mol. The van der Waals surface area contributed by atoms with Crippen LogP contribution in [0.3, 0.4) is 0 Å². The number of carbonyl (C=O) groups is 2. The third-order valence-corrected chi connectivity index (χ3v) is 9.16. The Morgan fingerprint density at radius 1 is 1.11 bits per heavy atom. The number of carbonyl (C=O) groups excluding carboxylic acids is 2. The summed E-state index contributed by atoms with van der Waals surface area (Å²) in [5, 5.41) is 14.2. The number of hydrogen-bond acceptors (Lipinski definition) is 9. The number of halogens is 6. The number of aromatic nitrogens is 6. The highest BCUT2D eigenvalue weighted by molar-refractivity contribution is 6.33. The van der Waals surface area contributed by atoms with Gasteiger partial charge in [-0.2, -0.15) is 46.7 Å². The molecule has 3 N–H and O–H groups in total. The summed E-state index contributed by atoms with van der Waals surface area (Å²) < 4.78 is 72.9. The third-order valence-electron chi connectivity index (χ3n) is 8.83. The van der Waals surface area contributed by atoms with Gasteiger partial charge in [0.2, 0.25) is 0 Å². The fraction of sp³-hybridized carbons (Fsp3) is 0.441. The van der Waals surface area contributed by atoms with Crippen molar-refractivity contribution in [2.45, 2.75) is 83.3 Å². The highest BCUT2D eigenvalue weighted by Gasteiger charge is 2.53. The molecule has 2 aliphatic rings. The number of alkyl carbamates (subject to hydrolysis) is 1. The third kappa shape index (κ3) is 7.82. The van der Waals surface area contributed by atoms with Gasteiger partial charge in [-0.05, 0) is 54.9 Å². The van der Waals surface area contributed by atoms with Crippen LogP contribution in [-0.2, 0) is 15.1 Å². The number of aliphatic imine (C=N–C) groups is 1. The average Bonchev–Trinajstić information content (AvgIpc) is 3.49. The Balaban J connectivity index is 1.39. The predicted octanol–water partition coefficient (Wildman–Crippen LogP) is 6.79. The Hall–Kier alpha value is -5.13. The van der Waals surface area contributed by atoms with E-state index in [0.717, 1.165) is 36.6 Å². The van der Waals surface area contributed by atoms with Crippen molar-refractivity contribution >= 4 is 29.6 Å². The van der Waals surface area contributed by atoms with E-state index in [9.17, 15) is 31.5 Å². The van der Waals surface area contributed by atoms with Gasteiger partial charge in [0.05, 0.1) is 23.3 Å². The smallest absolute Gasteiger partial charge is 0.408 e. The van der Waals surface area contributed by atoms with Gasteiger partial charge in [-0.3, -0.25) is 9.69 Å². The minimum absolute atomic E-state index is 0.00576. The Morgan fingerprint density at radius 2 is 1.81 bits per heavy atom. The normalized spacial score (nSPS) is 19.0. The van der Waals surface area contributed by atoms with Crippen LogP contribution in [0.4, 0.5) is 26.7 Å². The number of benzene rings is 2. The summed E-state index contributed by atoms with van der Waals surface area (Å²) in [5.74, 6) is -1.21. The highest BCUT2D eigenvalue weighted by atomic mass is 35.5. The van der Waals surface area contributed by atoms with Gasteiger partial charge >= 0.3 is 18.8 Å². The maximum atomic E-state index is 14.9. The van der Waals surface area contributed by atoms with E-state index in [1.165, 1.54) is 18.2 Å². The highest BCUT2D eigenvalue weighted by Crippen LogP contribution is 2.46. The zero-order valence-corrected chi connectivity index (χ0v) is 29.7. The van der Waals surface area contributed by atoms with E-state index in [2.05, 4.69) is 20.3 Å². The van der Waals surface area contributed by atoms with E-state index in [1.807, 2.05) is 20.8 Å². The van der Waals surface area contributed by atoms with Crippen LogP contribution in [0.1, 0.15) is 76.7 Å². The van der Waals surface area contributed by atoms with Gasteiger partial charge in [0.15, 0.2) is 17.3 Å². The molecule has 1 unspecified atom stereocenters. The lowest BCUT2D eigenvalue weighted by Gasteiger charge is -2.35. The zero-order chi connectivity index (χ0) is 38.5. The van der Waals surface area contributed by atoms with Crippen molar-refractivity contribution in [3.63, 3.8) is 0 Å². The number of ether oxygens (including phenoxy) is 1. The molecule has 2 amide bonds. The Morgan fingerprint density at radius 3 is 2.43 bits per heavy atom. The summed E-state index contributed by atoms with van der Waals surface area (Å²) in [6, 6.07) is 7.90. The second-order valence-corrected chi connectivity index (χ2v) is 14.6. The van der Waals surface area contributed by atoms with E-state index >= 15 is 0 Å². The van der Waals surface area contributed by atoms with E-state index in [1.54, 1.807) is 40.6 Å². The molecule has 0 radical (unpaired) electrons. The van der Waals surface area contributed by atoms with Crippen LogP contribution in [0.5, 0.6) is 0 Å². The molecule has 3 heterocycles. The van der Waals surface area contributed by atoms with Crippen LogP contribution in [0.15, 0.2) is 60.0 Å². The summed E-state index contributed by atoms with van der Waals surface area (Å²) >= 11 is 6.42. The Kier molecular flexibility index (Phi) is 9.95. The number of nitrogens with zero attached hydrogens (tertiary/aromatic N) is 8. The maximum Gasteiger partial charge on any atom is 0.408 e. The molecule has 53 heavy (non-hydrogen) atoms. The van der Waals surface area contributed by atoms with Gasteiger partial charge in [-0.15, -0.1) is 0 Å². The summed E-state index contributed by atoms with van der Waals surface area (Å²) in [5.41, 5.74) is 6.48. The van der Waals surface area contributed by atoms with Crippen molar-refractivity contribution in [2.24, 2.45) is 16.1 Å². The molecule has 4 aromatic rings. The summed E-state index contributed by atoms with van der Waals surface area (Å²) in [6.45, 7) is 2.68. The molecule has 6 rings (SSSR count). The maximum absolute atomic E-state index is 14.9. The van der Waals surface area contributed by atoms with E-state index < -0.39 is 54.4 Å². The fourth-order valence-electron chi connectivity index (χ4n) is 6.16. The van der Waals surface area contributed by atoms with Crippen molar-refractivity contribution in [1.29, 1.82) is 0 Å². The first-order chi connectivity index (χ1) is 24.9. The number of alkyl halides is 5. The number of nitrogens with two attached hydrogens (primary N) is 1. The lowest BCUT2D eigenvalue weighted by atomic mass is 9.75. The molecule has 19 heteroatoms. The second kappa shape index (κ2) is 14.0. The molecule has 0 saturated heterocycles. The molecule has 2 aromatic heterocycles. The second-order valence-electron chi connectivity index (χ2n) is 14.2. The van der Waals surface area contributed by atoms with Crippen molar-refractivity contribution in [2.75, 3.05) is 6.61 Å². The number of rotatable bonds is 11. The number of nitrogens with one attached hydrogen (secondary N) is 1. The molecule has 1 fully saturated rings. The lowest BCUT2D eigenvalue weighted by Crippen LogP contribution is -2.48. The van der Waals surface area contributed by atoms with Crippen LogP contribution in [0.25, 0.3) is 22.6 Å². The number of amides is 2. The minimum atomic E-state index is -4.76. The number of hydrogen-bond donors (Lipinski definition) is 2. The first-order valence-corrected chi connectivity index (χ1v) is 16.9. The summed E-state index contributed by atoms with van der Waals surface area (Å²) in [4.78, 5) is 39.0. The topological polar surface area (TPSA) is 158 Å². The molecule has 1 aliphatic carbocycles. The van der Waals surface area contributed by atoms with E-state index in [4.69, 9.17) is 27.1 Å². The molecule has 1 aliphatic heterocycles. The zero-order valence-electron chi connectivity index (χ0n) is 29.0. The monoisotopic (exact) mass is 762 g/mol. The molecular formula is C34H36ClF5N10O3. The Bertz CT molecular complexity index is 2020. The molecular weight excluding hydrogens is 727 g/mol. The van der Waals surface area contributed by atoms with Crippen LogP contribution >= 0.6 is 11.6 Å². The van der Waals surface area contributed by atoms with Crippen LogP contribution < -0.4 is 11.1 Å². The van der Waals surface area contributed by atoms with E-state index in [0.29, 0.717) is 15.9 Å². The SMILES string of the molecule is C[C@H](NC(=O)OCC(c1ccc(Cl)c(-c2ncnn2C(F)F)c1)N1C(=O)[C@@](CC(C)(C)C)(c2ccc(-c3cnn(C4CC4)n3)cc2)N=C1N)C(F)(F)F. The summed E-state index contributed by atoms with van der Waals surface area (Å²) in [7, 11) is 0. The molecule has 2 aromatic carbocycles. The standard InChI is InChI=1S/C34H36ClF5N10O3/c1-18(34(38,39)40)45-31(52)53-15-26(20-7-12-24(35)23(13-20)27-42-17-44-49(27)29(36)37)48-28(51)33(46-30(48)41,16-32(2,3)4)21-8-5-19(6-9-21)25-14-43-50(47-25)22-10-11-22/h5-9,12-14,17-18,22,26,29H,10-11,15-16H2,1-4H3,(H2,41,46)(H,45,52)/t18-,26?,33+/m0/s1. The first kappa shape index (κ1) is 37.6. The Labute approximate surface area is 305 Å². The first-order valence-electron chi connectivity index (χ1n) is 16.6. The minimum Gasteiger partial charge on any atom is -0.447 e. The summed E-state index contributed by atoms with van der Waals surface area (Å²) in [6.07, 6.45) is -1.43. The molecule has 0 bridgehead atoms. The molecule has 1 saturated carbocycles. The molecule has 13 nitrogen and oxygen atoms in total. The van der Waals surface area contributed by atoms with Crippen LogP contribution in [0.2, 0.25) is 5.02 Å². The van der Waals surface area contributed by atoms with Crippen molar-refractivity contribution in [3.05, 3.63) is 71.1 Å². The molecule has 0 spiro atoms. The van der Waals surface area contributed by atoms with Gasteiger partial charge in [0.25, 0.3) is 5.91 Å². The quantitative estimate of drug-likeness (QED) is 0.158. The van der Waals surface area contributed by atoms with Crippen LogP contribution in [0, 0.1) is 5.41 Å². The van der Waals surface area contributed by atoms with Gasteiger partial charge in [-0.25, -0.2) is 14.8 Å². The molecule has 282 valence electrons. The van der Waals surface area contributed by atoms with Gasteiger partial charge in [0, 0.05) is 11.1 Å². The van der Waals surface area contributed by atoms with Crippen molar-refractivity contribution < 1.29 is 36.3 Å². The van der Waals surface area contributed by atoms with Crippen molar-refractivity contribution in [1.82, 2.24) is 40.0 Å².